The summed E-state index contributed by atoms with van der Waals surface area (Å²) < 4.78 is 3.02. The van der Waals surface area contributed by atoms with Crippen LogP contribution in [-0.4, -0.2) is 31.4 Å². The van der Waals surface area contributed by atoms with Crippen LogP contribution in [0.25, 0.3) is 21.6 Å². The van der Waals surface area contributed by atoms with Crippen LogP contribution in [0.1, 0.15) is 25.3 Å². The summed E-state index contributed by atoms with van der Waals surface area (Å²) in [6.45, 7) is 8.75. The fraction of sp³-hybridized carbons (Fsp3) is 0.217. The van der Waals surface area contributed by atoms with Crippen LogP contribution in [-0.2, 0) is 11.3 Å². The van der Waals surface area contributed by atoms with E-state index in [4.69, 9.17) is 0 Å². The molecule has 158 valence electrons. The summed E-state index contributed by atoms with van der Waals surface area (Å²) in [5.41, 5.74) is 3.15. The van der Waals surface area contributed by atoms with Gasteiger partial charge >= 0.3 is 0 Å². The van der Waals surface area contributed by atoms with Crippen molar-refractivity contribution in [2.24, 2.45) is 0 Å². The smallest absolute Gasteiger partial charge is 0.236 e. The molecule has 6 nitrogen and oxygen atoms in total. The fourth-order valence-corrected chi connectivity index (χ4v) is 4.76. The van der Waals surface area contributed by atoms with E-state index < -0.39 is 0 Å². The van der Waals surface area contributed by atoms with Crippen molar-refractivity contribution in [1.82, 2.24) is 19.7 Å². The normalized spacial score (nSPS) is 11.2. The second kappa shape index (κ2) is 9.45. The molecule has 2 aromatic heterocycles. The molecule has 0 fully saturated rings. The molecule has 0 saturated carbocycles. The summed E-state index contributed by atoms with van der Waals surface area (Å²) >= 11 is 2.82. The first kappa shape index (κ1) is 21.3. The maximum Gasteiger partial charge on any atom is 0.236 e. The number of hydrogen-bond donors (Lipinski definition) is 1. The molecule has 0 unspecified atom stereocenters. The van der Waals surface area contributed by atoms with Crippen LogP contribution in [0.4, 0.5) is 5.13 Å². The topological polar surface area (TPSA) is 72.7 Å². The number of fused-ring (bicyclic) bond motifs is 1. The van der Waals surface area contributed by atoms with Crippen molar-refractivity contribution >= 4 is 44.4 Å². The highest BCUT2D eigenvalue weighted by atomic mass is 32.2. The second-order valence-corrected chi connectivity index (χ2v) is 9.28. The summed E-state index contributed by atoms with van der Waals surface area (Å²) in [7, 11) is 0. The largest absolute Gasteiger partial charge is 0.301 e. The van der Waals surface area contributed by atoms with Crippen molar-refractivity contribution in [3.05, 3.63) is 66.7 Å². The number of anilines is 1. The number of nitrogens with one attached hydrogen (secondary N) is 1. The van der Waals surface area contributed by atoms with Gasteiger partial charge in [-0.05, 0) is 23.6 Å². The van der Waals surface area contributed by atoms with E-state index in [0.29, 0.717) is 22.8 Å². The number of allylic oxidation sites excluding steroid dienone is 1. The SMILES string of the molecule is C=CCn1c(SCC(=O)Nc2nc3ccccc3s2)nnc1-c1ccc(C(C)C)cc1. The molecule has 1 amide bonds. The molecule has 4 rings (SSSR count). The molecule has 2 heterocycles. The zero-order valence-electron chi connectivity index (χ0n) is 17.4. The number of carbonyl (C=O) groups is 1. The third-order valence-corrected chi connectivity index (χ3v) is 6.66. The molecule has 0 spiro atoms. The Kier molecular flexibility index (Phi) is 6.48. The van der Waals surface area contributed by atoms with Gasteiger partial charge in [-0.15, -0.1) is 16.8 Å². The summed E-state index contributed by atoms with van der Waals surface area (Å²) in [5, 5.41) is 12.9. The number of rotatable bonds is 8. The van der Waals surface area contributed by atoms with Crippen molar-refractivity contribution in [3.8, 4) is 11.4 Å². The number of hydrogen-bond acceptors (Lipinski definition) is 6. The van der Waals surface area contributed by atoms with Gasteiger partial charge in [0.25, 0.3) is 0 Å². The second-order valence-electron chi connectivity index (χ2n) is 7.31. The van der Waals surface area contributed by atoms with Crippen molar-refractivity contribution in [3.63, 3.8) is 0 Å². The number of amides is 1. The van der Waals surface area contributed by atoms with Crippen molar-refractivity contribution in [2.45, 2.75) is 31.5 Å². The maximum atomic E-state index is 12.5. The molecule has 0 atom stereocenters. The molecule has 4 aromatic rings. The van der Waals surface area contributed by atoms with Gasteiger partial charge in [0, 0.05) is 12.1 Å². The van der Waals surface area contributed by atoms with Crippen molar-refractivity contribution in [2.75, 3.05) is 11.1 Å². The Balaban J connectivity index is 1.46. The number of aromatic nitrogens is 4. The lowest BCUT2D eigenvalue weighted by Gasteiger charge is -2.09. The number of benzene rings is 2. The monoisotopic (exact) mass is 449 g/mol. The van der Waals surface area contributed by atoms with Crippen molar-refractivity contribution < 1.29 is 4.79 Å². The zero-order valence-corrected chi connectivity index (χ0v) is 19.0. The number of thioether (sulfide) groups is 1. The van der Waals surface area contributed by atoms with E-state index in [9.17, 15) is 4.79 Å². The Bertz CT molecular complexity index is 1180. The van der Waals surface area contributed by atoms with Crippen LogP contribution in [0, 0.1) is 0 Å². The highest BCUT2D eigenvalue weighted by Gasteiger charge is 2.16. The van der Waals surface area contributed by atoms with Gasteiger partial charge in [0.05, 0.1) is 16.0 Å². The molecule has 2 aromatic carbocycles. The van der Waals surface area contributed by atoms with Gasteiger partial charge in [0.2, 0.25) is 5.91 Å². The van der Waals surface area contributed by atoms with E-state index in [2.05, 4.69) is 65.2 Å². The third-order valence-electron chi connectivity index (χ3n) is 4.74. The maximum absolute atomic E-state index is 12.5. The number of nitrogens with zero attached hydrogens (tertiary/aromatic N) is 4. The minimum Gasteiger partial charge on any atom is -0.301 e. The number of thiazole rings is 1. The molecule has 1 N–H and O–H groups in total. The predicted octanol–water partition coefficient (Wildman–Crippen LogP) is 5.60. The summed E-state index contributed by atoms with van der Waals surface area (Å²) in [5.74, 6) is 1.33. The van der Waals surface area contributed by atoms with Crippen LogP contribution in [0.15, 0.2) is 66.3 Å². The van der Waals surface area contributed by atoms with E-state index >= 15 is 0 Å². The van der Waals surface area contributed by atoms with Gasteiger partial charge in [-0.25, -0.2) is 4.98 Å². The Hall–Kier alpha value is -2.97. The lowest BCUT2D eigenvalue weighted by atomic mass is 10.0. The van der Waals surface area contributed by atoms with E-state index in [1.165, 1.54) is 28.7 Å². The van der Waals surface area contributed by atoms with E-state index in [-0.39, 0.29) is 11.7 Å². The molecular formula is C23H23N5OS2. The summed E-state index contributed by atoms with van der Waals surface area (Å²) in [6.07, 6.45) is 1.81. The first-order valence-corrected chi connectivity index (χ1v) is 11.8. The molecule has 0 aliphatic heterocycles. The van der Waals surface area contributed by atoms with Crippen molar-refractivity contribution in [1.29, 1.82) is 0 Å². The standard InChI is InChI=1S/C23H23N5OS2/c1-4-13-28-21(17-11-9-16(10-12-17)15(2)3)26-27-23(28)30-14-20(29)25-22-24-18-7-5-6-8-19(18)31-22/h4-12,15H,1,13-14H2,2-3H3,(H,24,25,29). The molecule has 0 radical (unpaired) electrons. The van der Waals surface area contributed by atoms with E-state index in [1.807, 2.05) is 28.8 Å². The van der Waals surface area contributed by atoms with E-state index in [0.717, 1.165) is 21.6 Å². The lowest BCUT2D eigenvalue weighted by Crippen LogP contribution is -2.14. The lowest BCUT2D eigenvalue weighted by molar-refractivity contribution is -0.113. The van der Waals surface area contributed by atoms with Gasteiger partial charge < -0.3 is 5.32 Å². The van der Waals surface area contributed by atoms with Gasteiger partial charge in [-0.1, -0.05) is 79.4 Å². The summed E-state index contributed by atoms with van der Waals surface area (Å²) in [4.78, 5) is 16.9. The quantitative estimate of drug-likeness (QED) is 0.280. The van der Waals surface area contributed by atoms with E-state index in [1.54, 1.807) is 6.08 Å². The minimum absolute atomic E-state index is 0.125. The van der Waals surface area contributed by atoms with Gasteiger partial charge in [-0.2, -0.15) is 0 Å². The average molecular weight is 450 g/mol. The minimum atomic E-state index is -0.125. The Morgan fingerprint density at radius 1 is 1.19 bits per heavy atom. The van der Waals surface area contributed by atoms with Crippen LogP contribution < -0.4 is 5.32 Å². The van der Waals surface area contributed by atoms with Gasteiger partial charge in [0.1, 0.15) is 0 Å². The average Bonchev–Trinajstić information content (AvgIpc) is 3.36. The zero-order chi connectivity index (χ0) is 21.8. The van der Waals surface area contributed by atoms with Gasteiger partial charge in [0.15, 0.2) is 16.1 Å². The molecular weight excluding hydrogens is 426 g/mol. The number of para-hydroxylation sites is 1. The van der Waals surface area contributed by atoms with Crippen LogP contribution >= 0.6 is 23.1 Å². The van der Waals surface area contributed by atoms with Gasteiger partial charge in [-0.3, -0.25) is 9.36 Å². The molecule has 31 heavy (non-hydrogen) atoms. The Labute approximate surface area is 189 Å². The highest BCUT2D eigenvalue weighted by molar-refractivity contribution is 7.99. The molecule has 0 aliphatic carbocycles. The first-order valence-electron chi connectivity index (χ1n) is 9.98. The summed E-state index contributed by atoms with van der Waals surface area (Å²) in [6, 6.07) is 16.2. The predicted molar refractivity (Wildman–Crippen MR) is 129 cm³/mol. The first-order chi connectivity index (χ1) is 15.0. The third kappa shape index (κ3) is 4.86. The van der Waals surface area contributed by atoms with Crippen LogP contribution in [0.5, 0.6) is 0 Å². The molecule has 8 heteroatoms. The number of carbonyl (C=O) groups excluding carboxylic acids is 1. The fourth-order valence-electron chi connectivity index (χ4n) is 3.13. The molecule has 0 bridgehead atoms. The van der Waals surface area contributed by atoms with Crippen LogP contribution in [0.2, 0.25) is 0 Å². The highest BCUT2D eigenvalue weighted by Crippen LogP contribution is 2.27. The van der Waals surface area contributed by atoms with Crippen LogP contribution in [0.3, 0.4) is 0 Å². The molecule has 0 saturated heterocycles. The Morgan fingerprint density at radius 3 is 2.68 bits per heavy atom. The molecule has 0 aliphatic rings. The Morgan fingerprint density at radius 2 is 1.97 bits per heavy atom.